The number of carbonyl (C=O) groups excluding carboxylic acids is 2. The third-order valence-corrected chi connectivity index (χ3v) is 2.68. The summed E-state index contributed by atoms with van der Waals surface area (Å²) in [5.41, 5.74) is 0. The minimum absolute atomic E-state index is 0. The number of amides is 1. The first-order chi connectivity index (χ1) is 10.1. The predicted octanol–water partition coefficient (Wildman–Crippen LogP) is -4.85. The van der Waals surface area contributed by atoms with Crippen molar-refractivity contribution >= 4 is 11.9 Å². The summed E-state index contributed by atoms with van der Waals surface area (Å²) >= 11 is 0. The van der Waals surface area contributed by atoms with Crippen LogP contribution in [0.25, 0.3) is 0 Å². The molecule has 2 aromatic rings. The molecule has 9 nitrogen and oxygen atoms in total. The van der Waals surface area contributed by atoms with E-state index < -0.39 is 17.9 Å². The van der Waals surface area contributed by atoms with E-state index in [-0.39, 0.29) is 70.2 Å². The molecule has 0 bridgehead atoms. The first kappa shape index (κ1) is 19.0. The van der Waals surface area contributed by atoms with E-state index >= 15 is 0 Å². The SMILES string of the molecule is O=C(N[C@@H](CCO)C(=O)[O-])c1ccc(Cn2ccnn2)o1.[K+]. The van der Waals surface area contributed by atoms with Crippen molar-refractivity contribution in [2.75, 3.05) is 6.61 Å². The number of aliphatic hydroxyl groups is 1. The second-order valence-corrected chi connectivity index (χ2v) is 4.22. The van der Waals surface area contributed by atoms with Crippen LogP contribution in [0, 0.1) is 0 Å². The summed E-state index contributed by atoms with van der Waals surface area (Å²) < 4.78 is 6.81. The van der Waals surface area contributed by atoms with Gasteiger partial charge in [-0.15, -0.1) is 5.10 Å². The molecule has 0 radical (unpaired) electrons. The number of aromatic nitrogens is 3. The number of furan rings is 1. The number of nitrogens with one attached hydrogen (secondary N) is 1. The van der Waals surface area contributed by atoms with Crippen molar-refractivity contribution in [2.45, 2.75) is 19.0 Å². The average Bonchev–Trinajstić information content (AvgIpc) is 3.10. The number of aliphatic hydroxyl groups excluding tert-OH is 1. The van der Waals surface area contributed by atoms with Gasteiger partial charge >= 0.3 is 51.4 Å². The molecule has 2 aromatic heterocycles. The van der Waals surface area contributed by atoms with Gasteiger partial charge in [-0.2, -0.15) is 0 Å². The van der Waals surface area contributed by atoms with Gasteiger partial charge < -0.3 is 24.7 Å². The molecule has 1 atom stereocenters. The third kappa shape index (κ3) is 5.30. The van der Waals surface area contributed by atoms with Crippen LogP contribution in [0.5, 0.6) is 0 Å². The number of nitrogens with zero attached hydrogens (tertiary/aromatic N) is 3. The van der Waals surface area contributed by atoms with Crippen molar-refractivity contribution in [1.29, 1.82) is 0 Å². The van der Waals surface area contributed by atoms with E-state index in [0.717, 1.165) is 0 Å². The Morgan fingerprint density at radius 2 is 2.23 bits per heavy atom. The Morgan fingerprint density at radius 3 is 2.82 bits per heavy atom. The first-order valence-corrected chi connectivity index (χ1v) is 6.15. The van der Waals surface area contributed by atoms with Gasteiger partial charge in [0.05, 0.1) is 18.2 Å². The number of rotatable bonds is 7. The van der Waals surface area contributed by atoms with Gasteiger partial charge in [-0.1, -0.05) is 5.21 Å². The Bertz CT molecular complexity index is 613. The van der Waals surface area contributed by atoms with E-state index in [2.05, 4.69) is 15.6 Å². The van der Waals surface area contributed by atoms with Gasteiger partial charge in [0, 0.05) is 12.8 Å². The van der Waals surface area contributed by atoms with Crippen molar-refractivity contribution < 1.29 is 75.6 Å². The molecule has 10 heteroatoms. The van der Waals surface area contributed by atoms with Crippen LogP contribution in [0.1, 0.15) is 22.7 Å². The summed E-state index contributed by atoms with van der Waals surface area (Å²) in [4.78, 5) is 22.6. The molecule has 2 N–H and O–H groups in total. The van der Waals surface area contributed by atoms with Crippen LogP contribution in [0.15, 0.2) is 28.9 Å². The molecule has 0 aliphatic heterocycles. The number of hydrogen-bond acceptors (Lipinski definition) is 7. The predicted molar refractivity (Wildman–Crippen MR) is 65.8 cm³/mol. The maximum absolute atomic E-state index is 11.8. The van der Waals surface area contributed by atoms with Crippen molar-refractivity contribution in [3.8, 4) is 0 Å². The van der Waals surface area contributed by atoms with Crippen LogP contribution < -0.4 is 61.8 Å². The number of hydrogen-bond donors (Lipinski definition) is 2. The second kappa shape index (κ2) is 9.18. The van der Waals surface area contributed by atoms with Crippen LogP contribution in [-0.2, 0) is 11.3 Å². The molecule has 0 aromatic carbocycles. The molecule has 0 aliphatic rings. The summed E-state index contributed by atoms with van der Waals surface area (Å²) in [6.45, 7) is -0.0809. The molecule has 0 unspecified atom stereocenters. The van der Waals surface area contributed by atoms with Crippen LogP contribution in [-0.4, -0.2) is 44.6 Å². The molecule has 0 fully saturated rings. The molecular weight excluding hydrogens is 319 g/mol. The zero-order chi connectivity index (χ0) is 15.2. The average molecular weight is 332 g/mol. The Balaban J connectivity index is 0.00000242. The molecule has 0 saturated carbocycles. The van der Waals surface area contributed by atoms with Crippen LogP contribution in [0.2, 0.25) is 0 Å². The molecule has 2 heterocycles. The van der Waals surface area contributed by atoms with Crippen LogP contribution in [0.4, 0.5) is 0 Å². The smallest absolute Gasteiger partial charge is 0.548 e. The molecule has 22 heavy (non-hydrogen) atoms. The molecule has 0 spiro atoms. The van der Waals surface area contributed by atoms with Crippen molar-refractivity contribution in [2.24, 2.45) is 0 Å². The summed E-state index contributed by atoms with van der Waals surface area (Å²) in [6.07, 6.45) is 3.01. The monoisotopic (exact) mass is 332 g/mol. The van der Waals surface area contributed by atoms with Gasteiger partial charge in [0.15, 0.2) is 5.76 Å². The van der Waals surface area contributed by atoms with E-state index in [4.69, 9.17) is 9.52 Å². The summed E-state index contributed by atoms with van der Waals surface area (Å²) in [5.74, 6) is -1.72. The Labute approximate surface area is 168 Å². The van der Waals surface area contributed by atoms with Gasteiger partial charge in [0.1, 0.15) is 12.3 Å². The second-order valence-electron chi connectivity index (χ2n) is 4.22. The Morgan fingerprint density at radius 1 is 1.45 bits per heavy atom. The standard InChI is InChI=1S/C12H14N4O5.K/c17-6-3-9(12(19)20)14-11(18)10-2-1-8(21-10)7-16-5-4-13-15-16;/h1-2,4-5,9,17H,3,6-7H2,(H,14,18)(H,19,20);/q;+1/p-1/t9-;/m0./s1. The zero-order valence-electron chi connectivity index (χ0n) is 11.9. The fourth-order valence-corrected chi connectivity index (χ4v) is 1.67. The normalized spacial score (nSPS) is 11.5. The fourth-order valence-electron chi connectivity index (χ4n) is 1.67. The van der Waals surface area contributed by atoms with Crippen LogP contribution >= 0.6 is 0 Å². The molecule has 0 aliphatic carbocycles. The van der Waals surface area contributed by atoms with E-state index in [1.807, 2.05) is 0 Å². The molecule has 1 amide bonds. The van der Waals surface area contributed by atoms with E-state index in [1.165, 1.54) is 16.9 Å². The third-order valence-electron chi connectivity index (χ3n) is 2.68. The molecule has 112 valence electrons. The summed E-state index contributed by atoms with van der Waals surface area (Å²) in [5, 5.41) is 29.1. The maximum Gasteiger partial charge on any atom is 1.00 e. The molecule has 0 saturated heterocycles. The molecular formula is C12H13KN4O5. The van der Waals surface area contributed by atoms with Gasteiger partial charge in [-0.3, -0.25) is 4.79 Å². The first-order valence-electron chi connectivity index (χ1n) is 6.15. The maximum atomic E-state index is 11.8. The molecule has 2 rings (SSSR count). The van der Waals surface area contributed by atoms with Crippen molar-refractivity contribution in [3.63, 3.8) is 0 Å². The minimum atomic E-state index is -1.47. The van der Waals surface area contributed by atoms with Gasteiger partial charge in [0.2, 0.25) is 0 Å². The Kier molecular flexibility index (Phi) is 7.93. The van der Waals surface area contributed by atoms with E-state index in [0.29, 0.717) is 12.3 Å². The van der Waals surface area contributed by atoms with E-state index in [1.54, 1.807) is 12.3 Å². The van der Waals surface area contributed by atoms with Crippen LogP contribution in [0.3, 0.4) is 0 Å². The topological polar surface area (TPSA) is 133 Å². The van der Waals surface area contributed by atoms with Gasteiger partial charge in [-0.05, 0) is 18.6 Å². The number of carboxylic acids is 1. The largest absolute Gasteiger partial charge is 1.00 e. The summed E-state index contributed by atoms with van der Waals surface area (Å²) in [6, 6.07) is 1.73. The van der Waals surface area contributed by atoms with E-state index in [9.17, 15) is 14.7 Å². The Hall–Kier alpha value is -1.04. The zero-order valence-corrected chi connectivity index (χ0v) is 15.1. The van der Waals surface area contributed by atoms with Gasteiger partial charge in [-0.25, -0.2) is 4.68 Å². The number of aliphatic carboxylic acids is 1. The quantitative estimate of drug-likeness (QED) is 0.486. The summed E-state index contributed by atoms with van der Waals surface area (Å²) in [7, 11) is 0. The van der Waals surface area contributed by atoms with Crippen molar-refractivity contribution in [3.05, 3.63) is 36.0 Å². The minimum Gasteiger partial charge on any atom is -0.548 e. The number of carboxylic acid groups (broad SMARTS) is 1. The fraction of sp³-hybridized carbons (Fsp3) is 0.333. The number of carbonyl (C=O) groups is 2. The van der Waals surface area contributed by atoms with Crippen molar-refractivity contribution in [1.82, 2.24) is 20.3 Å². The van der Waals surface area contributed by atoms with Gasteiger partial charge in [0.25, 0.3) is 5.91 Å².